The second-order valence-corrected chi connectivity index (χ2v) is 10.8. The number of amides is 1. The number of phenols is 2. The molecule has 4 atom stereocenters. The maximum Gasteiger partial charge on any atom is 0.307 e. The minimum atomic E-state index is -1.37. The van der Waals surface area contributed by atoms with Crippen LogP contribution < -0.4 is 5.32 Å². The molecule has 10 nitrogen and oxygen atoms in total. The average molecular weight is 512 g/mol. The number of hydrogen-bond donors (Lipinski definition) is 6. The molecule has 6 N–H and O–H groups in total. The Balaban J connectivity index is 0.0000122. The number of carbonyl (C=O) groups excluding carboxylic acids is 1. The second kappa shape index (κ2) is 12.6. The molecule has 0 aliphatic rings. The molecule has 0 fully saturated rings. The van der Waals surface area contributed by atoms with Crippen LogP contribution in [0.4, 0.5) is 0 Å². The van der Waals surface area contributed by atoms with Gasteiger partial charge in [-0.05, 0) is 41.4 Å². The molecule has 0 aromatic heterocycles. The number of aromatic hydroxyl groups is 2. The molecule has 10 heteroatoms. The molecule has 4 unspecified atom stereocenters. The number of carboxylic acid groups (broad SMARTS) is 3. The highest BCUT2D eigenvalue weighted by Crippen LogP contribution is 2.44. The fourth-order valence-corrected chi connectivity index (χ4v) is 4.75. The highest BCUT2D eigenvalue weighted by molar-refractivity contribution is 5.85. The summed E-state index contributed by atoms with van der Waals surface area (Å²) in [4.78, 5) is 49.0. The van der Waals surface area contributed by atoms with Crippen molar-refractivity contribution in [2.45, 2.75) is 61.8 Å². The lowest BCUT2D eigenvalue weighted by Crippen LogP contribution is -2.48. The van der Waals surface area contributed by atoms with E-state index in [0.29, 0.717) is 12.0 Å². The Kier molecular flexibility index (Phi) is 11.4. The Morgan fingerprint density at radius 1 is 0.861 bits per heavy atom. The van der Waals surface area contributed by atoms with E-state index in [-0.39, 0.29) is 31.9 Å². The molecule has 1 amide bonds. The van der Waals surface area contributed by atoms with E-state index in [2.05, 4.69) is 5.32 Å². The number of hydrogen-bond acceptors (Lipinski definition) is 6. The molecule has 0 saturated carbocycles. The van der Waals surface area contributed by atoms with Crippen LogP contribution in [-0.4, -0.2) is 55.9 Å². The maximum atomic E-state index is 13.2. The van der Waals surface area contributed by atoms with Crippen LogP contribution in [0.25, 0.3) is 0 Å². The summed E-state index contributed by atoms with van der Waals surface area (Å²) in [5, 5.41) is 50.9. The van der Waals surface area contributed by atoms with Gasteiger partial charge in [0.1, 0.15) is 0 Å². The normalized spacial score (nSPS) is 15.1. The predicted octanol–water partition coefficient (Wildman–Crippen LogP) is 3.59. The summed E-state index contributed by atoms with van der Waals surface area (Å²) < 4.78 is 0. The fraction of sp³-hybridized carbons (Fsp3) is 0.615. The van der Waals surface area contributed by atoms with Crippen molar-refractivity contribution in [3.05, 3.63) is 23.8 Å². The van der Waals surface area contributed by atoms with Gasteiger partial charge in [0.25, 0.3) is 0 Å². The molecule has 0 bridgehead atoms. The second-order valence-electron chi connectivity index (χ2n) is 10.8. The maximum absolute atomic E-state index is 13.2. The summed E-state index contributed by atoms with van der Waals surface area (Å²) in [5.41, 5.74) is -1.41. The van der Waals surface area contributed by atoms with E-state index in [1.807, 2.05) is 0 Å². The van der Waals surface area contributed by atoms with Crippen LogP contribution in [0.5, 0.6) is 11.5 Å². The first-order valence-corrected chi connectivity index (χ1v) is 11.4. The van der Waals surface area contributed by atoms with Gasteiger partial charge in [-0.15, -0.1) is 0 Å². The van der Waals surface area contributed by atoms with E-state index in [1.165, 1.54) is 32.9 Å². The first-order valence-electron chi connectivity index (χ1n) is 11.4. The van der Waals surface area contributed by atoms with Crippen molar-refractivity contribution >= 4 is 23.8 Å². The van der Waals surface area contributed by atoms with E-state index in [0.717, 1.165) is 0 Å². The number of carbonyl (C=O) groups is 4. The molecule has 0 radical (unpaired) electrons. The number of phenolic OH excluding ortho intramolecular Hbond substituents is 2. The van der Waals surface area contributed by atoms with Crippen molar-refractivity contribution in [2.75, 3.05) is 6.54 Å². The zero-order chi connectivity index (χ0) is 27.3. The quantitative estimate of drug-likeness (QED) is 0.228. The Morgan fingerprint density at radius 2 is 1.42 bits per heavy atom. The standard InChI is InChI=1S/C25H37NO9.CH4/c1-13(21(30)31)18(23(34)35)25(5,6)12-15(22(32)33)19(24(2,3)4)20(29)26-10-9-14-7-8-16(27)17(28)11-14;/h7-8,11,13,15,18-19,27-28H,9-10,12H2,1-6H3,(H,26,29)(H,30,31)(H,32,33)(H,34,35);1H4. The van der Waals surface area contributed by atoms with Crippen LogP contribution >= 0.6 is 0 Å². The van der Waals surface area contributed by atoms with Crippen LogP contribution in [0.1, 0.15) is 61.0 Å². The largest absolute Gasteiger partial charge is 0.504 e. The molecule has 1 aromatic carbocycles. The van der Waals surface area contributed by atoms with Crippen LogP contribution in [0, 0.1) is 34.5 Å². The lowest BCUT2D eigenvalue weighted by Gasteiger charge is -2.40. The van der Waals surface area contributed by atoms with Gasteiger partial charge in [0.2, 0.25) is 5.91 Å². The highest BCUT2D eigenvalue weighted by Gasteiger charge is 2.49. The number of nitrogens with one attached hydrogen (secondary N) is 1. The third-order valence-corrected chi connectivity index (χ3v) is 6.43. The molecule has 36 heavy (non-hydrogen) atoms. The van der Waals surface area contributed by atoms with E-state index in [4.69, 9.17) is 0 Å². The molecule has 0 spiro atoms. The number of benzene rings is 1. The summed E-state index contributed by atoms with van der Waals surface area (Å²) in [5.74, 6) is -9.95. The van der Waals surface area contributed by atoms with Gasteiger partial charge in [-0.3, -0.25) is 19.2 Å². The van der Waals surface area contributed by atoms with Crippen molar-refractivity contribution in [1.29, 1.82) is 0 Å². The van der Waals surface area contributed by atoms with E-state index in [1.54, 1.807) is 26.8 Å². The van der Waals surface area contributed by atoms with Gasteiger partial charge in [0.05, 0.1) is 23.7 Å². The van der Waals surface area contributed by atoms with E-state index < -0.39 is 58.3 Å². The van der Waals surface area contributed by atoms with Crippen LogP contribution in [0.15, 0.2) is 18.2 Å². The molecule has 1 aromatic rings. The SMILES string of the molecule is C.CC(C(=O)O)C(C(=O)O)C(C)(C)CC(C(=O)O)C(C(=O)NCCc1ccc(O)c(O)c1)C(C)(C)C. The van der Waals surface area contributed by atoms with Crippen LogP contribution in [0.3, 0.4) is 0 Å². The average Bonchev–Trinajstić information content (AvgIpc) is 2.68. The van der Waals surface area contributed by atoms with Crippen molar-refractivity contribution in [2.24, 2.45) is 34.5 Å². The fourth-order valence-electron chi connectivity index (χ4n) is 4.75. The van der Waals surface area contributed by atoms with E-state index in [9.17, 15) is 44.7 Å². The highest BCUT2D eigenvalue weighted by atomic mass is 16.4. The van der Waals surface area contributed by atoms with Gasteiger partial charge in [-0.25, -0.2) is 0 Å². The van der Waals surface area contributed by atoms with Crippen molar-refractivity contribution in [3.8, 4) is 11.5 Å². The molecule has 204 valence electrons. The third kappa shape index (κ3) is 8.42. The first-order chi connectivity index (χ1) is 15.9. The molecule has 1 rings (SSSR count). The molecular formula is C26H41NO9. The van der Waals surface area contributed by atoms with Gasteiger partial charge in [0, 0.05) is 6.54 Å². The Labute approximate surface area is 212 Å². The lowest BCUT2D eigenvalue weighted by atomic mass is 9.62. The first kappa shape index (κ1) is 32.7. The molecule has 0 saturated heterocycles. The van der Waals surface area contributed by atoms with Crippen molar-refractivity contribution in [1.82, 2.24) is 5.32 Å². The number of aliphatic carboxylic acids is 3. The molecule has 0 aliphatic carbocycles. The van der Waals surface area contributed by atoms with Gasteiger partial charge in [-0.2, -0.15) is 0 Å². The van der Waals surface area contributed by atoms with Crippen molar-refractivity contribution < 1.29 is 44.7 Å². The topological polar surface area (TPSA) is 181 Å². The monoisotopic (exact) mass is 511 g/mol. The molecular weight excluding hydrogens is 470 g/mol. The van der Waals surface area contributed by atoms with E-state index >= 15 is 0 Å². The van der Waals surface area contributed by atoms with Crippen LogP contribution in [0.2, 0.25) is 0 Å². The number of carboxylic acids is 3. The van der Waals surface area contributed by atoms with Gasteiger partial charge < -0.3 is 30.8 Å². The van der Waals surface area contributed by atoms with Crippen LogP contribution in [-0.2, 0) is 25.6 Å². The number of rotatable bonds is 12. The summed E-state index contributed by atoms with van der Waals surface area (Å²) in [6.45, 7) is 9.57. The smallest absolute Gasteiger partial charge is 0.307 e. The van der Waals surface area contributed by atoms with Gasteiger partial charge in [-0.1, -0.05) is 55.0 Å². The lowest BCUT2D eigenvalue weighted by molar-refractivity contribution is -0.161. The van der Waals surface area contributed by atoms with Crippen molar-refractivity contribution in [3.63, 3.8) is 0 Å². The van der Waals surface area contributed by atoms with Gasteiger partial charge >= 0.3 is 17.9 Å². The van der Waals surface area contributed by atoms with Gasteiger partial charge in [0.15, 0.2) is 11.5 Å². The minimum Gasteiger partial charge on any atom is -0.504 e. The molecule has 0 aliphatic heterocycles. The Hall–Kier alpha value is -3.30. The zero-order valence-corrected chi connectivity index (χ0v) is 21.0. The Bertz CT molecular complexity index is 949. The minimum absolute atomic E-state index is 0. The summed E-state index contributed by atoms with van der Waals surface area (Å²) in [6.07, 6.45) is 0.0923. The summed E-state index contributed by atoms with van der Waals surface area (Å²) >= 11 is 0. The third-order valence-electron chi connectivity index (χ3n) is 6.43. The molecule has 0 heterocycles. The summed E-state index contributed by atoms with van der Waals surface area (Å²) in [6, 6.07) is 4.27. The predicted molar refractivity (Wildman–Crippen MR) is 134 cm³/mol. The summed E-state index contributed by atoms with van der Waals surface area (Å²) in [7, 11) is 0. The Morgan fingerprint density at radius 3 is 1.83 bits per heavy atom. The zero-order valence-electron chi connectivity index (χ0n) is 21.0.